The number of aromatic nitrogens is 3. The molecule has 2 rings (SSSR count). The largest absolute Gasteiger partial charge is 0.399 e. The molecule has 1 aromatic heterocycles. The SMILES string of the molecule is CCn1ncnc1CC(=O)/C=C/c1ccc(N)cc1. The Morgan fingerprint density at radius 2 is 2.11 bits per heavy atom. The number of rotatable bonds is 5. The van der Waals surface area contributed by atoms with E-state index in [4.69, 9.17) is 5.73 Å². The number of benzene rings is 1. The molecule has 2 N–H and O–H groups in total. The summed E-state index contributed by atoms with van der Waals surface area (Å²) in [7, 11) is 0. The molecule has 0 unspecified atom stereocenters. The Labute approximate surface area is 111 Å². The summed E-state index contributed by atoms with van der Waals surface area (Å²) in [6, 6.07) is 7.34. The number of allylic oxidation sites excluding steroid dienone is 1. The van der Waals surface area contributed by atoms with E-state index in [9.17, 15) is 4.79 Å². The van der Waals surface area contributed by atoms with Crippen LogP contribution in [0.3, 0.4) is 0 Å². The van der Waals surface area contributed by atoms with Gasteiger partial charge in [-0.3, -0.25) is 4.79 Å². The summed E-state index contributed by atoms with van der Waals surface area (Å²) in [6.45, 7) is 2.68. The van der Waals surface area contributed by atoms with E-state index in [2.05, 4.69) is 10.1 Å². The zero-order valence-electron chi connectivity index (χ0n) is 10.8. The number of carbonyl (C=O) groups excluding carboxylic acids is 1. The summed E-state index contributed by atoms with van der Waals surface area (Å²) in [6.07, 6.45) is 5.06. The molecule has 5 heteroatoms. The van der Waals surface area contributed by atoms with Crippen LogP contribution in [0.4, 0.5) is 5.69 Å². The summed E-state index contributed by atoms with van der Waals surface area (Å²) < 4.78 is 1.72. The summed E-state index contributed by atoms with van der Waals surface area (Å²) in [5.74, 6) is 0.689. The maximum absolute atomic E-state index is 11.8. The van der Waals surface area contributed by atoms with Crippen molar-refractivity contribution in [2.75, 3.05) is 5.73 Å². The van der Waals surface area contributed by atoms with Gasteiger partial charge < -0.3 is 5.73 Å². The van der Waals surface area contributed by atoms with Crippen LogP contribution < -0.4 is 5.73 Å². The molecular formula is C14H16N4O. The van der Waals surface area contributed by atoms with Crippen LogP contribution in [0.1, 0.15) is 18.3 Å². The van der Waals surface area contributed by atoms with Crippen LogP contribution in [0.2, 0.25) is 0 Å². The molecule has 0 aliphatic carbocycles. The van der Waals surface area contributed by atoms with Gasteiger partial charge in [-0.15, -0.1) is 0 Å². The highest BCUT2D eigenvalue weighted by Gasteiger charge is 2.06. The number of ketones is 1. The third-order valence-corrected chi connectivity index (χ3v) is 2.73. The van der Waals surface area contributed by atoms with Crippen molar-refractivity contribution in [1.29, 1.82) is 0 Å². The Morgan fingerprint density at radius 3 is 2.79 bits per heavy atom. The van der Waals surface area contributed by atoms with Crippen molar-refractivity contribution < 1.29 is 4.79 Å². The lowest BCUT2D eigenvalue weighted by atomic mass is 10.1. The van der Waals surface area contributed by atoms with Gasteiger partial charge in [0.05, 0.1) is 6.42 Å². The minimum absolute atomic E-state index is 0.000440. The van der Waals surface area contributed by atoms with Crippen molar-refractivity contribution in [3.63, 3.8) is 0 Å². The third-order valence-electron chi connectivity index (χ3n) is 2.73. The number of carbonyl (C=O) groups is 1. The molecule has 19 heavy (non-hydrogen) atoms. The van der Waals surface area contributed by atoms with Gasteiger partial charge in [0.2, 0.25) is 0 Å². The first-order valence-corrected chi connectivity index (χ1v) is 6.12. The lowest BCUT2D eigenvalue weighted by Crippen LogP contribution is -2.08. The van der Waals surface area contributed by atoms with Crippen LogP contribution in [-0.4, -0.2) is 20.5 Å². The molecule has 98 valence electrons. The second-order valence-corrected chi connectivity index (χ2v) is 4.14. The molecular weight excluding hydrogens is 240 g/mol. The van der Waals surface area contributed by atoms with Crippen LogP contribution in [0.25, 0.3) is 6.08 Å². The van der Waals surface area contributed by atoms with Crippen LogP contribution in [0, 0.1) is 0 Å². The highest BCUT2D eigenvalue weighted by molar-refractivity contribution is 5.94. The standard InChI is InChI=1S/C14H16N4O/c1-2-18-14(16-10-17-18)9-13(19)8-5-11-3-6-12(15)7-4-11/h3-8,10H,2,9,15H2,1H3/b8-5+. The number of anilines is 1. The van der Waals surface area contributed by atoms with Gasteiger partial charge in [-0.25, -0.2) is 9.67 Å². The number of nitrogens with two attached hydrogens (primary N) is 1. The van der Waals surface area contributed by atoms with Gasteiger partial charge in [0.1, 0.15) is 12.2 Å². The van der Waals surface area contributed by atoms with E-state index in [0.29, 0.717) is 18.1 Å². The molecule has 2 aromatic rings. The summed E-state index contributed by atoms with van der Waals surface area (Å²) in [5, 5.41) is 4.03. The summed E-state index contributed by atoms with van der Waals surface area (Å²) in [5.41, 5.74) is 7.25. The Kier molecular flexibility index (Phi) is 4.07. The van der Waals surface area contributed by atoms with Crippen molar-refractivity contribution in [3.05, 3.63) is 48.1 Å². The van der Waals surface area contributed by atoms with E-state index in [1.807, 2.05) is 19.1 Å². The Bertz CT molecular complexity index is 584. The summed E-state index contributed by atoms with van der Waals surface area (Å²) >= 11 is 0. The van der Waals surface area contributed by atoms with Gasteiger partial charge in [0.25, 0.3) is 0 Å². The predicted molar refractivity (Wildman–Crippen MR) is 74.3 cm³/mol. The molecule has 0 amide bonds. The molecule has 1 aromatic carbocycles. The van der Waals surface area contributed by atoms with Gasteiger partial charge in [-0.2, -0.15) is 5.10 Å². The number of aryl methyl sites for hydroxylation is 1. The van der Waals surface area contributed by atoms with Gasteiger partial charge in [0.15, 0.2) is 5.78 Å². The van der Waals surface area contributed by atoms with E-state index in [-0.39, 0.29) is 12.2 Å². The molecule has 0 saturated carbocycles. The highest BCUT2D eigenvalue weighted by Crippen LogP contribution is 2.07. The number of hydrogen-bond donors (Lipinski definition) is 1. The second kappa shape index (κ2) is 5.95. The Hall–Kier alpha value is -2.43. The zero-order valence-corrected chi connectivity index (χ0v) is 10.8. The van der Waals surface area contributed by atoms with Gasteiger partial charge in [0, 0.05) is 12.2 Å². The van der Waals surface area contributed by atoms with Crippen molar-refractivity contribution in [2.45, 2.75) is 19.9 Å². The van der Waals surface area contributed by atoms with Crippen molar-refractivity contribution in [3.8, 4) is 0 Å². The molecule has 1 heterocycles. The molecule has 0 aliphatic rings. The van der Waals surface area contributed by atoms with Crippen LogP contribution in [-0.2, 0) is 17.8 Å². The fourth-order valence-electron chi connectivity index (χ4n) is 1.70. The molecule has 0 aliphatic heterocycles. The monoisotopic (exact) mass is 256 g/mol. The fourth-order valence-corrected chi connectivity index (χ4v) is 1.70. The van der Waals surface area contributed by atoms with Crippen molar-refractivity contribution >= 4 is 17.5 Å². The lowest BCUT2D eigenvalue weighted by molar-refractivity contribution is -0.114. The topological polar surface area (TPSA) is 73.8 Å². The molecule has 0 spiro atoms. The van der Waals surface area contributed by atoms with Crippen LogP contribution >= 0.6 is 0 Å². The Morgan fingerprint density at radius 1 is 1.37 bits per heavy atom. The van der Waals surface area contributed by atoms with Crippen LogP contribution in [0.5, 0.6) is 0 Å². The van der Waals surface area contributed by atoms with Gasteiger partial charge in [-0.05, 0) is 30.7 Å². The molecule has 0 atom stereocenters. The fraction of sp³-hybridized carbons (Fsp3) is 0.214. The minimum Gasteiger partial charge on any atom is -0.399 e. The van der Waals surface area contributed by atoms with E-state index in [1.54, 1.807) is 29.0 Å². The number of hydrogen-bond acceptors (Lipinski definition) is 4. The quantitative estimate of drug-likeness (QED) is 0.652. The lowest BCUT2D eigenvalue weighted by Gasteiger charge is -1.99. The number of nitrogens with zero attached hydrogens (tertiary/aromatic N) is 3. The maximum atomic E-state index is 11.8. The van der Waals surface area contributed by atoms with Gasteiger partial charge >= 0.3 is 0 Å². The molecule has 0 fully saturated rings. The van der Waals surface area contributed by atoms with E-state index >= 15 is 0 Å². The maximum Gasteiger partial charge on any atom is 0.163 e. The first-order valence-electron chi connectivity index (χ1n) is 6.12. The zero-order chi connectivity index (χ0) is 13.7. The average Bonchev–Trinajstić information content (AvgIpc) is 2.85. The summed E-state index contributed by atoms with van der Waals surface area (Å²) in [4.78, 5) is 15.9. The average molecular weight is 256 g/mol. The molecule has 0 bridgehead atoms. The first kappa shape index (κ1) is 13.0. The predicted octanol–water partition coefficient (Wildman–Crippen LogP) is 1.71. The van der Waals surface area contributed by atoms with Crippen molar-refractivity contribution in [1.82, 2.24) is 14.8 Å². The van der Waals surface area contributed by atoms with E-state index in [0.717, 1.165) is 5.56 Å². The molecule has 0 radical (unpaired) electrons. The Balaban J connectivity index is 1.99. The number of nitrogen functional groups attached to an aromatic ring is 1. The first-order chi connectivity index (χ1) is 9.19. The normalized spacial score (nSPS) is 11.0. The second-order valence-electron chi connectivity index (χ2n) is 4.14. The third kappa shape index (κ3) is 3.51. The van der Waals surface area contributed by atoms with Crippen molar-refractivity contribution in [2.24, 2.45) is 0 Å². The smallest absolute Gasteiger partial charge is 0.163 e. The van der Waals surface area contributed by atoms with E-state index < -0.39 is 0 Å². The van der Waals surface area contributed by atoms with E-state index in [1.165, 1.54) is 6.33 Å². The van der Waals surface area contributed by atoms with Crippen LogP contribution in [0.15, 0.2) is 36.7 Å². The molecule has 5 nitrogen and oxygen atoms in total. The van der Waals surface area contributed by atoms with Gasteiger partial charge in [-0.1, -0.05) is 18.2 Å². The highest BCUT2D eigenvalue weighted by atomic mass is 16.1. The molecule has 0 saturated heterocycles. The minimum atomic E-state index is -0.000440.